The van der Waals surface area contributed by atoms with Gasteiger partial charge in [-0.25, -0.2) is 0 Å². The lowest BCUT2D eigenvalue weighted by atomic mass is 10.1. The number of H-pyrrole nitrogens is 1. The second-order valence-electron chi connectivity index (χ2n) is 4.59. The van der Waals surface area contributed by atoms with Crippen LogP contribution in [0.2, 0.25) is 0 Å². The lowest BCUT2D eigenvalue weighted by Crippen LogP contribution is -2.11. The van der Waals surface area contributed by atoms with Gasteiger partial charge in [0.05, 0.1) is 21.4 Å². The van der Waals surface area contributed by atoms with Crippen LogP contribution in [0, 0.1) is 10.1 Å². The number of amides is 1. The third-order valence-corrected chi connectivity index (χ3v) is 3.32. The summed E-state index contributed by atoms with van der Waals surface area (Å²) >= 11 is 0. The quantitative estimate of drug-likeness (QED) is 0.570. The van der Waals surface area contributed by atoms with Crippen molar-refractivity contribution in [1.82, 2.24) is 4.98 Å². The van der Waals surface area contributed by atoms with E-state index in [1.807, 2.05) is 30.3 Å². The summed E-state index contributed by atoms with van der Waals surface area (Å²) in [6, 6.07) is 13.7. The van der Waals surface area contributed by atoms with Gasteiger partial charge >= 0.3 is 0 Å². The summed E-state index contributed by atoms with van der Waals surface area (Å²) in [5, 5.41) is 11.5. The standard InChI is InChI=1S/C15H11N3O3/c16-15(19)10-6-7-13(18(20)21)11-8-12(17-14(10)11)9-4-2-1-3-5-9/h1-8,17H,(H2,16,19). The monoisotopic (exact) mass is 281 g/mol. The van der Waals surface area contributed by atoms with Gasteiger partial charge in [-0.05, 0) is 17.7 Å². The maximum absolute atomic E-state index is 11.5. The van der Waals surface area contributed by atoms with E-state index in [4.69, 9.17) is 5.73 Å². The van der Waals surface area contributed by atoms with E-state index in [9.17, 15) is 14.9 Å². The topological polar surface area (TPSA) is 102 Å². The van der Waals surface area contributed by atoms with Crippen LogP contribution in [-0.4, -0.2) is 15.8 Å². The number of hydrogen-bond donors (Lipinski definition) is 2. The Balaban J connectivity index is 2.32. The highest BCUT2D eigenvalue weighted by Crippen LogP contribution is 2.32. The summed E-state index contributed by atoms with van der Waals surface area (Å²) in [5.74, 6) is -0.628. The Morgan fingerprint density at radius 1 is 1.14 bits per heavy atom. The van der Waals surface area contributed by atoms with Crippen molar-refractivity contribution in [2.75, 3.05) is 0 Å². The van der Waals surface area contributed by atoms with Crippen LogP contribution in [0.5, 0.6) is 0 Å². The summed E-state index contributed by atoms with van der Waals surface area (Å²) in [7, 11) is 0. The fourth-order valence-corrected chi connectivity index (χ4v) is 2.34. The average molecular weight is 281 g/mol. The molecule has 3 rings (SSSR count). The molecular weight excluding hydrogens is 270 g/mol. The van der Waals surface area contributed by atoms with Crippen LogP contribution in [0.4, 0.5) is 5.69 Å². The molecule has 1 aromatic heterocycles. The smallest absolute Gasteiger partial charge is 0.278 e. The van der Waals surface area contributed by atoms with Gasteiger partial charge in [0.2, 0.25) is 0 Å². The predicted octanol–water partition coefficient (Wildman–Crippen LogP) is 2.84. The molecule has 0 radical (unpaired) electrons. The number of hydrogen-bond acceptors (Lipinski definition) is 3. The average Bonchev–Trinajstić information content (AvgIpc) is 2.91. The van der Waals surface area contributed by atoms with Crippen LogP contribution >= 0.6 is 0 Å². The SMILES string of the molecule is NC(=O)c1ccc([N+](=O)[O-])c2cc(-c3ccccc3)[nH]c12. The molecule has 0 aliphatic heterocycles. The first-order valence-corrected chi connectivity index (χ1v) is 6.23. The first-order chi connectivity index (χ1) is 10.1. The van der Waals surface area contributed by atoms with Crippen molar-refractivity contribution in [2.45, 2.75) is 0 Å². The minimum atomic E-state index is -0.628. The number of nitrogens with two attached hydrogens (primary N) is 1. The number of nitro groups is 1. The van der Waals surface area contributed by atoms with Crippen molar-refractivity contribution < 1.29 is 9.72 Å². The third kappa shape index (κ3) is 2.12. The highest BCUT2D eigenvalue weighted by atomic mass is 16.6. The molecule has 0 bridgehead atoms. The molecule has 1 amide bonds. The van der Waals surface area contributed by atoms with E-state index >= 15 is 0 Å². The van der Waals surface area contributed by atoms with E-state index in [1.165, 1.54) is 12.1 Å². The molecule has 104 valence electrons. The van der Waals surface area contributed by atoms with Crippen LogP contribution in [0.25, 0.3) is 22.2 Å². The van der Waals surface area contributed by atoms with E-state index in [-0.39, 0.29) is 11.3 Å². The van der Waals surface area contributed by atoms with Crippen LogP contribution in [0.3, 0.4) is 0 Å². The molecule has 21 heavy (non-hydrogen) atoms. The second kappa shape index (κ2) is 4.75. The van der Waals surface area contributed by atoms with Gasteiger partial charge in [0.15, 0.2) is 0 Å². The first-order valence-electron chi connectivity index (χ1n) is 6.23. The number of nitrogens with one attached hydrogen (secondary N) is 1. The summed E-state index contributed by atoms with van der Waals surface area (Å²) in [6.07, 6.45) is 0. The lowest BCUT2D eigenvalue weighted by molar-refractivity contribution is -0.383. The molecule has 0 saturated heterocycles. The summed E-state index contributed by atoms with van der Waals surface area (Å²) in [5.41, 5.74) is 7.45. The number of rotatable bonds is 3. The largest absolute Gasteiger partial charge is 0.366 e. The number of fused-ring (bicyclic) bond motifs is 1. The molecule has 2 aromatic carbocycles. The maximum atomic E-state index is 11.5. The molecule has 0 unspecified atom stereocenters. The zero-order valence-electron chi connectivity index (χ0n) is 10.9. The summed E-state index contributed by atoms with van der Waals surface area (Å²) in [6.45, 7) is 0. The Hall–Kier alpha value is -3.15. The number of aromatic amines is 1. The summed E-state index contributed by atoms with van der Waals surface area (Å²) < 4.78 is 0. The van der Waals surface area contributed by atoms with Gasteiger partial charge in [-0.3, -0.25) is 14.9 Å². The van der Waals surface area contributed by atoms with Crippen molar-refractivity contribution in [2.24, 2.45) is 5.73 Å². The van der Waals surface area contributed by atoms with Crippen LogP contribution in [0.1, 0.15) is 10.4 Å². The summed E-state index contributed by atoms with van der Waals surface area (Å²) in [4.78, 5) is 25.2. The van der Waals surface area contributed by atoms with Crippen molar-refractivity contribution in [3.05, 3.63) is 64.2 Å². The van der Waals surface area contributed by atoms with E-state index < -0.39 is 10.8 Å². The molecular formula is C15H11N3O3. The normalized spacial score (nSPS) is 10.7. The third-order valence-electron chi connectivity index (χ3n) is 3.32. The van der Waals surface area contributed by atoms with Crippen molar-refractivity contribution in [3.8, 4) is 11.3 Å². The number of carbonyl (C=O) groups is 1. The fourth-order valence-electron chi connectivity index (χ4n) is 2.34. The number of non-ortho nitro benzene ring substituents is 1. The fraction of sp³-hybridized carbons (Fsp3) is 0. The molecule has 0 aliphatic rings. The predicted molar refractivity (Wildman–Crippen MR) is 78.9 cm³/mol. The van der Waals surface area contributed by atoms with Gasteiger partial charge in [-0.1, -0.05) is 30.3 Å². The van der Waals surface area contributed by atoms with E-state index in [0.717, 1.165) is 5.56 Å². The molecule has 0 saturated carbocycles. The Labute approximate surface area is 119 Å². The highest BCUT2D eigenvalue weighted by Gasteiger charge is 2.19. The molecule has 3 N–H and O–H groups in total. The number of benzene rings is 2. The molecule has 1 heterocycles. The van der Waals surface area contributed by atoms with Gasteiger partial charge in [0, 0.05) is 11.8 Å². The zero-order chi connectivity index (χ0) is 15.0. The maximum Gasteiger partial charge on any atom is 0.278 e. The number of primary amides is 1. The number of aromatic nitrogens is 1. The molecule has 3 aromatic rings. The van der Waals surface area contributed by atoms with E-state index in [1.54, 1.807) is 6.07 Å². The second-order valence-corrected chi connectivity index (χ2v) is 4.59. The number of carbonyl (C=O) groups excluding carboxylic acids is 1. The van der Waals surface area contributed by atoms with Crippen molar-refractivity contribution in [3.63, 3.8) is 0 Å². The Morgan fingerprint density at radius 2 is 1.86 bits per heavy atom. The van der Waals surface area contributed by atoms with E-state index in [0.29, 0.717) is 16.6 Å². The molecule has 0 fully saturated rings. The number of nitro benzene ring substituents is 1. The first kappa shape index (κ1) is 12.9. The van der Waals surface area contributed by atoms with Crippen molar-refractivity contribution in [1.29, 1.82) is 0 Å². The Morgan fingerprint density at radius 3 is 2.48 bits per heavy atom. The Kier molecular flexibility index (Phi) is 2.91. The number of nitrogens with zero attached hydrogens (tertiary/aromatic N) is 1. The van der Waals surface area contributed by atoms with Gasteiger partial charge < -0.3 is 10.7 Å². The van der Waals surface area contributed by atoms with Gasteiger partial charge in [0.25, 0.3) is 11.6 Å². The van der Waals surface area contributed by atoms with Crippen molar-refractivity contribution >= 4 is 22.5 Å². The minimum Gasteiger partial charge on any atom is -0.366 e. The molecule has 0 atom stereocenters. The van der Waals surface area contributed by atoms with Gasteiger partial charge in [-0.2, -0.15) is 0 Å². The molecule has 6 heteroatoms. The van der Waals surface area contributed by atoms with Crippen LogP contribution < -0.4 is 5.73 Å². The highest BCUT2D eigenvalue weighted by molar-refractivity contribution is 6.08. The zero-order valence-corrected chi connectivity index (χ0v) is 10.9. The van der Waals surface area contributed by atoms with E-state index in [2.05, 4.69) is 4.98 Å². The van der Waals surface area contributed by atoms with Crippen LogP contribution in [0.15, 0.2) is 48.5 Å². The lowest BCUT2D eigenvalue weighted by Gasteiger charge is -1.99. The molecule has 6 nitrogen and oxygen atoms in total. The van der Waals surface area contributed by atoms with Gasteiger partial charge in [0.1, 0.15) is 0 Å². The molecule has 0 aliphatic carbocycles. The van der Waals surface area contributed by atoms with Crippen LogP contribution in [-0.2, 0) is 0 Å². The minimum absolute atomic E-state index is 0.0616. The Bertz CT molecular complexity index is 802. The molecule has 0 spiro atoms. The van der Waals surface area contributed by atoms with Gasteiger partial charge in [-0.15, -0.1) is 0 Å².